The van der Waals surface area contributed by atoms with Crippen LogP contribution in [0.15, 0.2) is 41.4 Å². The van der Waals surface area contributed by atoms with Gasteiger partial charge in [-0.25, -0.2) is 13.4 Å². The largest absolute Gasteiger partial charge is 0.495 e. The van der Waals surface area contributed by atoms with Gasteiger partial charge in [0.05, 0.1) is 19.0 Å². The topological polar surface area (TPSA) is 89.6 Å². The van der Waals surface area contributed by atoms with Crippen molar-refractivity contribution in [2.24, 2.45) is 0 Å². The van der Waals surface area contributed by atoms with Crippen LogP contribution in [0.1, 0.15) is 6.42 Å². The van der Waals surface area contributed by atoms with Crippen LogP contribution in [0.2, 0.25) is 5.02 Å². The Morgan fingerprint density at radius 2 is 2.00 bits per heavy atom. The van der Waals surface area contributed by atoms with Crippen LogP contribution >= 0.6 is 11.6 Å². The lowest BCUT2D eigenvalue weighted by atomic mass is 10.3. The summed E-state index contributed by atoms with van der Waals surface area (Å²) in [6, 6.07) is 7.72. The molecule has 25 heavy (non-hydrogen) atoms. The normalized spacial score (nSPS) is 11.2. The van der Waals surface area contributed by atoms with Gasteiger partial charge in [0.15, 0.2) is 0 Å². The van der Waals surface area contributed by atoms with E-state index in [0.717, 1.165) is 6.42 Å². The highest BCUT2D eigenvalue weighted by molar-refractivity contribution is 7.92. The summed E-state index contributed by atoms with van der Waals surface area (Å²) < 4.78 is 37.6. The van der Waals surface area contributed by atoms with Crippen LogP contribution in [0.3, 0.4) is 0 Å². The first-order valence-electron chi connectivity index (χ1n) is 7.51. The maximum atomic E-state index is 12.6. The van der Waals surface area contributed by atoms with E-state index in [4.69, 9.17) is 21.1 Å². The Morgan fingerprint density at radius 3 is 2.64 bits per heavy atom. The Hall–Kier alpha value is -2.03. The number of nitrogens with one attached hydrogen (secondary N) is 2. The summed E-state index contributed by atoms with van der Waals surface area (Å²) in [4.78, 5) is 4.14. The summed E-state index contributed by atoms with van der Waals surface area (Å²) in [6.07, 6.45) is 2.29. The molecule has 2 aromatic rings. The van der Waals surface area contributed by atoms with Crippen molar-refractivity contribution in [1.29, 1.82) is 0 Å². The zero-order valence-corrected chi connectivity index (χ0v) is 15.5. The van der Waals surface area contributed by atoms with Gasteiger partial charge in [0.1, 0.15) is 16.5 Å². The van der Waals surface area contributed by atoms with Gasteiger partial charge < -0.3 is 14.8 Å². The first kappa shape index (κ1) is 19.3. The third kappa shape index (κ3) is 5.48. The van der Waals surface area contributed by atoms with Crippen LogP contribution in [0, 0.1) is 0 Å². The van der Waals surface area contributed by atoms with Crippen LogP contribution in [0.25, 0.3) is 0 Å². The van der Waals surface area contributed by atoms with Crippen molar-refractivity contribution in [1.82, 2.24) is 4.98 Å². The standard InChI is InChI=1S/C16H20ClN3O4S/c1-23-9-3-8-18-16-7-5-13(11-19-16)20-25(21,22)15-10-12(17)4-6-14(15)24-2/h4-7,10-11,20H,3,8-9H2,1-2H3,(H,18,19). The second-order valence-corrected chi connectivity index (χ2v) is 7.19. The van der Waals surface area contributed by atoms with E-state index in [1.165, 1.54) is 25.4 Å². The zero-order chi connectivity index (χ0) is 18.3. The predicted molar refractivity (Wildman–Crippen MR) is 98.0 cm³/mol. The number of rotatable bonds is 9. The molecule has 0 fully saturated rings. The number of halogens is 1. The van der Waals surface area contributed by atoms with Crippen molar-refractivity contribution in [3.05, 3.63) is 41.6 Å². The van der Waals surface area contributed by atoms with E-state index in [2.05, 4.69) is 15.0 Å². The number of anilines is 2. The van der Waals surface area contributed by atoms with E-state index in [-0.39, 0.29) is 10.6 Å². The highest BCUT2D eigenvalue weighted by Gasteiger charge is 2.20. The molecule has 0 spiro atoms. The van der Waals surface area contributed by atoms with E-state index in [1.807, 2.05) is 0 Å². The molecule has 9 heteroatoms. The molecule has 0 aliphatic heterocycles. The molecule has 0 saturated heterocycles. The lowest BCUT2D eigenvalue weighted by molar-refractivity contribution is 0.198. The lowest BCUT2D eigenvalue weighted by Crippen LogP contribution is -2.14. The summed E-state index contributed by atoms with van der Waals surface area (Å²) >= 11 is 5.90. The number of nitrogens with zero attached hydrogens (tertiary/aromatic N) is 1. The van der Waals surface area contributed by atoms with Gasteiger partial charge in [0, 0.05) is 25.3 Å². The fourth-order valence-electron chi connectivity index (χ4n) is 2.06. The van der Waals surface area contributed by atoms with Crippen LogP contribution < -0.4 is 14.8 Å². The van der Waals surface area contributed by atoms with Gasteiger partial charge in [-0.3, -0.25) is 4.72 Å². The number of benzene rings is 1. The van der Waals surface area contributed by atoms with Crippen molar-refractivity contribution >= 4 is 33.1 Å². The molecule has 0 unspecified atom stereocenters. The molecule has 2 rings (SSSR count). The molecule has 1 heterocycles. The molecule has 0 amide bonds. The highest BCUT2D eigenvalue weighted by atomic mass is 35.5. The molecule has 7 nitrogen and oxygen atoms in total. The molecule has 0 atom stereocenters. The van der Waals surface area contributed by atoms with Crippen LogP contribution in [-0.2, 0) is 14.8 Å². The van der Waals surface area contributed by atoms with Gasteiger partial charge in [-0.15, -0.1) is 0 Å². The van der Waals surface area contributed by atoms with Gasteiger partial charge >= 0.3 is 0 Å². The second kappa shape index (κ2) is 8.89. The van der Waals surface area contributed by atoms with Gasteiger partial charge in [0.25, 0.3) is 10.0 Å². The Morgan fingerprint density at radius 1 is 1.20 bits per heavy atom. The maximum absolute atomic E-state index is 12.6. The minimum absolute atomic E-state index is 0.0377. The highest BCUT2D eigenvalue weighted by Crippen LogP contribution is 2.28. The molecular weight excluding hydrogens is 366 g/mol. The lowest BCUT2D eigenvalue weighted by Gasteiger charge is -2.12. The number of methoxy groups -OCH3 is 2. The Bertz CT molecular complexity index is 798. The predicted octanol–water partition coefficient (Wildman–Crippen LogP) is 2.99. The fourth-order valence-corrected chi connectivity index (χ4v) is 3.54. The van der Waals surface area contributed by atoms with Crippen molar-refractivity contribution in [3.63, 3.8) is 0 Å². The average Bonchev–Trinajstić information content (AvgIpc) is 2.60. The minimum Gasteiger partial charge on any atom is -0.495 e. The fraction of sp³-hybridized carbons (Fsp3) is 0.312. The van der Waals surface area contributed by atoms with E-state index < -0.39 is 10.0 Å². The molecule has 0 aliphatic carbocycles. The average molecular weight is 386 g/mol. The van der Waals surface area contributed by atoms with Gasteiger partial charge in [-0.2, -0.15) is 0 Å². The SMILES string of the molecule is COCCCNc1ccc(NS(=O)(=O)c2cc(Cl)ccc2OC)cn1. The number of ether oxygens (including phenoxy) is 2. The first-order chi connectivity index (χ1) is 12.0. The molecular formula is C16H20ClN3O4S. The number of sulfonamides is 1. The summed E-state index contributed by atoms with van der Waals surface area (Å²) in [7, 11) is -0.809. The van der Waals surface area contributed by atoms with E-state index in [1.54, 1.807) is 25.3 Å². The smallest absolute Gasteiger partial charge is 0.265 e. The molecule has 0 saturated carbocycles. The maximum Gasteiger partial charge on any atom is 0.265 e. The van der Waals surface area contributed by atoms with E-state index in [0.29, 0.717) is 29.7 Å². The zero-order valence-electron chi connectivity index (χ0n) is 14.0. The third-order valence-corrected chi connectivity index (χ3v) is 4.90. The quantitative estimate of drug-likeness (QED) is 0.645. The van der Waals surface area contributed by atoms with Gasteiger partial charge in [-0.05, 0) is 36.8 Å². The monoisotopic (exact) mass is 385 g/mol. The second-order valence-electron chi connectivity index (χ2n) is 5.11. The van der Waals surface area contributed by atoms with E-state index >= 15 is 0 Å². The summed E-state index contributed by atoms with van der Waals surface area (Å²) in [5, 5.41) is 3.42. The first-order valence-corrected chi connectivity index (χ1v) is 9.37. The van der Waals surface area contributed by atoms with Crippen molar-refractivity contribution in [2.45, 2.75) is 11.3 Å². The molecule has 2 N–H and O–H groups in total. The Balaban J connectivity index is 2.09. The molecule has 1 aromatic heterocycles. The van der Waals surface area contributed by atoms with E-state index in [9.17, 15) is 8.42 Å². The summed E-state index contributed by atoms with van der Waals surface area (Å²) in [5.41, 5.74) is 0.337. The molecule has 136 valence electrons. The molecule has 0 bridgehead atoms. The number of hydrogen-bond donors (Lipinski definition) is 2. The van der Waals surface area contributed by atoms with Gasteiger partial charge in [-0.1, -0.05) is 11.6 Å². The summed E-state index contributed by atoms with van der Waals surface area (Å²) in [5.74, 6) is 0.862. The van der Waals surface area contributed by atoms with Crippen LogP contribution in [-0.4, -0.2) is 40.8 Å². The van der Waals surface area contributed by atoms with Crippen LogP contribution in [0.4, 0.5) is 11.5 Å². The van der Waals surface area contributed by atoms with Gasteiger partial charge in [0.2, 0.25) is 0 Å². The Kier molecular flexibility index (Phi) is 6.86. The molecule has 0 aliphatic rings. The molecule has 1 aromatic carbocycles. The van der Waals surface area contributed by atoms with Crippen molar-refractivity contribution in [3.8, 4) is 5.75 Å². The molecule has 0 radical (unpaired) electrons. The Labute approximate surface area is 152 Å². The number of aromatic nitrogens is 1. The van der Waals surface area contributed by atoms with Crippen molar-refractivity contribution in [2.75, 3.05) is 37.4 Å². The van der Waals surface area contributed by atoms with Crippen molar-refractivity contribution < 1.29 is 17.9 Å². The minimum atomic E-state index is -3.85. The third-order valence-electron chi connectivity index (χ3n) is 3.26. The van der Waals surface area contributed by atoms with Crippen LogP contribution in [0.5, 0.6) is 5.75 Å². The number of hydrogen-bond acceptors (Lipinski definition) is 6. The number of pyridine rings is 1. The summed E-state index contributed by atoms with van der Waals surface area (Å²) in [6.45, 7) is 1.37.